The summed E-state index contributed by atoms with van der Waals surface area (Å²) in [6.45, 7) is 6.63. The number of hydrogen-bond donors (Lipinski definition) is 1. The van der Waals surface area contributed by atoms with E-state index in [2.05, 4.69) is 40.5 Å². The molecule has 1 N–H and O–H groups in total. The highest BCUT2D eigenvalue weighted by molar-refractivity contribution is 8.18. The number of aliphatic imine (C=N–C) groups is 1. The van der Waals surface area contributed by atoms with E-state index in [1.165, 1.54) is 11.8 Å². The van der Waals surface area contributed by atoms with Crippen molar-refractivity contribution >= 4 is 57.1 Å². The molecule has 0 atom stereocenters. The third kappa shape index (κ3) is 3.39. The van der Waals surface area contributed by atoms with Crippen molar-refractivity contribution in [2.75, 3.05) is 0 Å². The van der Waals surface area contributed by atoms with Crippen molar-refractivity contribution in [2.45, 2.75) is 13.5 Å². The smallest absolute Gasteiger partial charge is 0.264 e. The molecule has 0 bridgehead atoms. The highest BCUT2D eigenvalue weighted by Gasteiger charge is 2.25. The quantitative estimate of drug-likeness (QED) is 0.446. The average Bonchev–Trinajstić information content (AvgIpc) is 3.16. The predicted octanol–water partition coefficient (Wildman–Crippen LogP) is 5.68. The fraction of sp³-hybridized carbons (Fsp3) is 0.0909. The summed E-state index contributed by atoms with van der Waals surface area (Å²) >= 11 is 7.49. The minimum absolute atomic E-state index is 0.157. The molecule has 6 heteroatoms. The van der Waals surface area contributed by atoms with Gasteiger partial charge < -0.3 is 9.88 Å². The molecule has 0 spiro atoms. The number of rotatable bonds is 4. The molecule has 0 radical (unpaired) electrons. The number of aromatic nitrogens is 1. The van der Waals surface area contributed by atoms with Crippen molar-refractivity contribution in [2.24, 2.45) is 4.99 Å². The Labute approximate surface area is 172 Å². The maximum atomic E-state index is 12.5. The Kier molecular flexibility index (Phi) is 5.11. The Morgan fingerprint density at radius 1 is 1.21 bits per heavy atom. The van der Waals surface area contributed by atoms with Crippen molar-refractivity contribution in [3.05, 3.63) is 82.4 Å². The summed E-state index contributed by atoms with van der Waals surface area (Å²) in [6.07, 6.45) is 3.81. The monoisotopic (exact) mass is 407 g/mol. The summed E-state index contributed by atoms with van der Waals surface area (Å²) < 4.78 is 2.20. The summed E-state index contributed by atoms with van der Waals surface area (Å²) in [5.41, 5.74) is 3.89. The van der Waals surface area contributed by atoms with Crippen LogP contribution in [0.3, 0.4) is 0 Å². The van der Waals surface area contributed by atoms with Gasteiger partial charge >= 0.3 is 0 Å². The highest BCUT2D eigenvalue weighted by atomic mass is 35.5. The topological polar surface area (TPSA) is 46.4 Å². The number of nitrogens with zero attached hydrogens (tertiary/aromatic N) is 2. The molecule has 1 aliphatic heterocycles. The van der Waals surface area contributed by atoms with Crippen molar-refractivity contribution in [3.63, 3.8) is 0 Å². The zero-order chi connectivity index (χ0) is 19.7. The second-order valence-corrected chi connectivity index (χ2v) is 7.79. The first-order valence-electron chi connectivity index (χ1n) is 8.81. The highest BCUT2D eigenvalue weighted by Crippen LogP contribution is 2.34. The number of halogens is 1. The molecule has 2 aromatic carbocycles. The van der Waals surface area contributed by atoms with Crippen LogP contribution in [0, 0.1) is 6.92 Å². The van der Waals surface area contributed by atoms with Crippen molar-refractivity contribution < 1.29 is 4.79 Å². The van der Waals surface area contributed by atoms with Crippen molar-refractivity contribution in [1.82, 2.24) is 9.88 Å². The Morgan fingerprint density at radius 3 is 2.75 bits per heavy atom. The van der Waals surface area contributed by atoms with E-state index in [9.17, 15) is 4.79 Å². The van der Waals surface area contributed by atoms with Gasteiger partial charge in [0, 0.05) is 28.7 Å². The van der Waals surface area contributed by atoms with Crippen LogP contribution < -0.4 is 5.32 Å². The lowest BCUT2D eigenvalue weighted by atomic mass is 10.1. The van der Waals surface area contributed by atoms with Crippen molar-refractivity contribution in [1.29, 1.82) is 0 Å². The number of allylic oxidation sites excluding steroid dienone is 1. The predicted molar refractivity (Wildman–Crippen MR) is 119 cm³/mol. The van der Waals surface area contributed by atoms with Crippen LogP contribution in [-0.4, -0.2) is 15.6 Å². The zero-order valence-electron chi connectivity index (χ0n) is 15.3. The minimum Gasteiger partial charge on any atom is -0.340 e. The summed E-state index contributed by atoms with van der Waals surface area (Å²) in [5.74, 6) is -0.157. The molecule has 1 saturated heterocycles. The van der Waals surface area contributed by atoms with Crippen LogP contribution in [0.5, 0.6) is 0 Å². The van der Waals surface area contributed by atoms with E-state index in [0.29, 0.717) is 27.3 Å². The number of fused-ring (bicyclic) bond motifs is 1. The zero-order valence-corrected chi connectivity index (χ0v) is 16.8. The first kappa shape index (κ1) is 18.6. The summed E-state index contributed by atoms with van der Waals surface area (Å²) in [4.78, 5) is 17.6. The summed E-state index contributed by atoms with van der Waals surface area (Å²) in [6, 6.07) is 15.5. The standard InChI is InChI=1S/C22H18ClN3OS/c1-3-12-26-14(2)16(15-8-4-7-11-19(15)26)13-20-21(27)25-22(28-20)24-18-10-6-5-9-17(18)23/h3-11,13H,1,12H2,2H3,(H,24,25,27)/b20-13+. The molecule has 1 amide bonds. The molecule has 0 aliphatic carbocycles. The molecule has 4 rings (SSSR count). The van der Waals surface area contributed by atoms with Gasteiger partial charge in [-0.1, -0.05) is 48.0 Å². The van der Waals surface area contributed by atoms with Crippen LogP contribution in [0.2, 0.25) is 5.02 Å². The number of nitrogens with one attached hydrogen (secondary N) is 1. The van der Waals surface area contributed by atoms with Gasteiger partial charge in [-0.15, -0.1) is 6.58 Å². The molecule has 4 nitrogen and oxygen atoms in total. The van der Waals surface area contributed by atoms with Crippen LogP contribution in [0.15, 0.2) is 71.1 Å². The van der Waals surface area contributed by atoms with E-state index in [1.54, 1.807) is 6.07 Å². The van der Waals surface area contributed by atoms with Crippen LogP contribution in [-0.2, 0) is 11.3 Å². The normalized spacial score (nSPS) is 16.9. The second kappa shape index (κ2) is 7.70. The van der Waals surface area contributed by atoms with Gasteiger partial charge in [-0.05, 0) is 43.0 Å². The Bertz CT molecular complexity index is 1160. The molecule has 0 saturated carbocycles. The minimum atomic E-state index is -0.157. The third-order valence-corrected chi connectivity index (χ3v) is 5.82. The summed E-state index contributed by atoms with van der Waals surface area (Å²) in [5, 5.41) is 5.01. The average molecular weight is 408 g/mol. The Hall–Kier alpha value is -2.76. The van der Waals surface area contributed by atoms with E-state index < -0.39 is 0 Å². The number of amides is 1. The number of para-hydroxylation sites is 2. The first-order valence-corrected chi connectivity index (χ1v) is 10.0. The third-order valence-electron chi connectivity index (χ3n) is 4.59. The number of carbonyl (C=O) groups is 1. The first-order chi connectivity index (χ1) is 13.6. The van der Waals surface area contributed by atoms with Crippen LogP contribution in [0.4, 0.5) is 5.69 Å². The van der Waals surface area contributed by atoms with Gasteiger partial charge in [0.2, 0.25) is 0 Å². The van der Waals surface area contributed by atoms with Crippen LogP contribution >= 0.6 is 23.4 Å². The molecular formula is C22H18ClN3OS. The second-order valence-electron chi connectivity index (χ2n) is 6.35. The van der Waals surface area contributed by atoms with Crippen LogP contribution in [0.1, 0.15) is 11.3 Å². The Morgan fingerprint density at radius 2 is 1.96 bits per heavy atom. The lowest BCUT2D eigenvalue weighted by Crippen LogP contribution is -2.19. The molecule has 140 valence electrons. The largest absolute Gasteiger partial charge is 0.340 e. The van der Waals surface area contributed by atoms with Crippen LogP contribution in [0.25, 0.3) is 17.0 Å². The fourth-order valence-corrected chi connectivity index (χ4v) is 4.26. The SMILES string of the molecule is C=CCn1c(C)c(/C=C2/SC(=Nc3ccccc3Cl)NC2=O)c2ccccc21. The van der Waals surface area contributed by atoms with Crippen molar-refractivity contribution in [3.8, 4) is 0 Å². The van der Waals surface area contributed by atoms with E-state index in [4.69, 9.17) is 11.6 Å². The van der Waals surface area contributed by atoms with Gasteiger partial charge in [0.15, 0.2) is 5.17 Å². The fourth-order valence-electron chi connectivity index (χ4n) is 3.27. The van der Waals surface area contributed by atoms with Gasteiger partial charge in [0.1, 0.15) is 0 Å². The van der Waals surface area contributed by atoms with E-state index in [0.717, 1.165) is 22.2 Å². The van der Waals surface area contributed by atoms with Gasteiger partial charge in [0.25, 0.3) is 5.91 Å². The molecule has 1 fully saturated rings. The van der Waals surface area contributed by atoms with Gasteiger partial charge in [-0.3, -0.25) is 4.79 Å². The number of thioether (sulfide) groups is 1. The number of hydrogen-bond acceptors (Lipinski definition) is 3. The van der Waals surface area contributed by atoms with E-state index in [1.807, 2.05) is 42.5 Å². The molecule has 3 aromatic rings. The molecule has 0 unspecified atom stereocenters. The maximum absolute atomic E-state index is 12.5. The number of carbonyl (C=O) groups excluding carboxylic acids is 1. The van der Waals surface area contributed by atoms with E-state index in [-0.39, 0.29) is 5.91 Å². The van der Waals surface area contributed by atoms with Gasteiger partial charge in [0.05, 0.1) is 15.6 Å². The molecule has 1 aromatic heterocycles. The molecule has 28 heavy (non-hydrogen) atoms. The molecule has 1 aliphatic rings. The Balaban J connectivity index is 1.74. The van der Waals surface area contributed by atoms with Gasteiger partial charge in [-0.25, -0.2) is 4.99 Å². The number of amidine groups is 1. The van der Waals surface area contributed by atoms with Gasteiger partial charge in [-0.2, -0.15) is 0 Å². The molecule has 2 heterocycles. The lowest BCUT2D eigenvalue weighted by molar-refractivity contribution is -0.115. The van der Waals surface area contributed by atoms with E-state index >= 15 is 0 Å². The maximum Gasteiger partial charge on any atom is 0.264 e. The molecular weight excluding hydrogens is 390 g/mol. The summed E-state index contributed by atoms with van der Waals surface area (Å²) in [7, 11) is 0. The lowest BCUT2D eigenvalue weighted by Gasteiger charge is -2.04. The number of benzene rings is 2.